The number of amides is 1. The van der Waals surface area contributed by atoms with Gasteiger partial charge >= 0.3 is 0 Å². The van der Waals surface area contributed by atoms with E-state index in [9.17, 15) is 4.79 Å². The van der Waals surface area contributed by atoms with Crippen LogP contribution in [-0.2, 0) is 9.59 Å². The number of carbonyl (C=O) groups excluding carboxylic acids is 1. The first-order valence-electron chi connectivity index (χ1n) is 3.40. The molecule has 0 aliphatic carbocycles. The number of hydrogen-bond donors (Lipinski definition) is 4. The van der Waals surface area contributed by atoms with Gasteiger partial charge in [-0.1, -0.05) is 0 Å². The minimum atomic E-state index is -0.400. The van der Waals surface area contributed by atoms with Crippen molar-refractivity contribution in [2.45, 2.75) is 18.6 Å². The van der Waals surface area contributed by atoms with Crippen LogP contribution in [0.1, 0.15) is 6.42 Å². The van der Waals surface area contributed by atoms with E-state index in [1.54, 1.807) is 0 Å². The molecule has 1 saturated heterocycles. The number of carbonyl (C=O) groups is 2. The summed E-state index contributed by atoms with van der Waals surface area (Å²) in [7, 11) is 0. The molecule has 0 aromatic carbocycles. The number of nitrogens with one attached hydrogen (secondary N) is 1. The zero-order chi connectivity index (χ0) is 9.56. The molecule has 70 valence electrons. The van der Waals surface area contributed by atoms with Crippen LogP contribution in [0.5, 0.6) is 0 Å². The van der Waals surface area contributed by atoms with Crippen LogP contribution >= 0.6 is 0 Å². The third-order valence-electron chi connectivity index (χ3n) is 1.45. The van der Waals surface area contributed by atoms with E-state index >= 15 is 0 Å². The van der Waals surface area contributed by atoms with Gasteiger partial charge in [-0.15, -0.1) is 0 Å². The highest BCUT2D eigenvalue weighted by molar-refractivity contribution is 5.80. The second-order valence-electron chi connectivity index (χ2n) is 2.36. The second kappa shape index (κ2) is 5.50. The summed E-state index contributed by atoms with van der Waals surface area (Å²) in [5.74, 6) is -0.383. The number of aliphatic hydroxyl groups excluding tert-OH is 1. The number of hydrogen-bond acceptors (Lipinski definition) is 4. The number of rotatable bonds is 1. The Hall–Kier alpha value is -1.14. The van der Waals surface area contributed by atoms with Crippen LogP contribution in [0.15, 0.2) is 0 Å². The van der Waals surface area contributed by atoms with E-state index in [-0.39, 0.29) is 18.4 Å². The number of nitrogens with two attached hydrogens (primary N) is 1. The van der Waals surface area contributed by atoms with Gasteiger partial charge in [0.05, 0.1) is 12.1 Å². The van der Waals surface area contributed by atoms with Gasteiger partial charge in [-0.25, -0.2) is 0 Å². The van der Waals surface area contributed by atoms with E-state index in [1.807, 2.05) is 0 Å². The first-order valence-corrected chi connectivity index (χ1v) is 3.40. The van der Waals surface area contributed by atoms with E-state index in [0.29, 0.717) is 13.0 Å². The molecule has 5 N–H and O–H groups in total. The molecular weight excluding hydrogens is 164 g/mol. The van der Waals surface area contributed by atoms with Crippen LogP contribution in [0.25, 0.3) is 0 Å². The second-order valence-corrected chi connectivity index (χ2v) is 2.36. The van der Waals surface area contributed by atoms with Crippen LogP contribution in [0, 0.1) is 0 Å². The van der Waals surface area contributed by atoms with Crippen molar-refractivity contribution >= 4 is 12.4 Å². The smallest absolute Gasteiger partial charge is 0.290 e. The van der Waals surface area contributed by atoms with Gasteiger partial charge in [0.25, 0.3) is 6.47 Å². The summed E-state index contributed by atoms with van der Waals surface area (Å²) in [6.07, 6.45) is 0.0532. The Kier molecular flexibility index (Phi) is 4.98. The first-order chi connectivity index (χ1) is 5.61. The third-order valence-corrected chi connectivity index (χ3v) is 1.45. The molecule has 1 amide bonds. The highest BCUT2D eigenvalue weighted by Gasteiger charge is 2.25. The summed E-state index contributed by atoms with van der Waals surface area (Å²) in [6.45, 7) is 0.230. The summed E-state index contributed by atoms with van der Waals surface area (Å²) in [4.78, 5) is 18.8. The molecule has 0 bridgehead atoms. The van der Waals surface area contributed by atoms with Crippen LogP contribution < -0.4 is 11.1 Å². The van der Waals surface area contributed by atoms with Crippen molar-refractivity contribution in [1.29, 1.82) is 0 Å². The Morgan fingerprint density at radius 1 is 1.67 bits per heavy atom. The minimum Gasteiger partial charge on any atom is -0.483 e. The van der Waals surface area contributed by atoms with Crippen LogP contribution in [-0.4, -0.2) is 41.3 Å². The fraction of sp³-hybridized carbons (Fsp3) is 0.667. The van der Waals surface area contributed by atoms with E-state index in [0.717, 1.165) is 0 Å². The summed E-state index contributed by atoms with van der Waals surface area (Å²) >= 11 is 0. The average Bonchev–Trinajstić information content (AvgIpc) is 2.37. The van der Waals surface area contributed by atoms with Crippen molar-refractivity contribution in [1.82, 2.24) is 5.32 Å². The number of β-amino-alcohol motifs (C(OH)–C–C–N with tert-alkyl or cyclic N) is 1. The summed E-state index contributed by atoms with van der Waals surface area (Å²) in [5.41, 5.74) is 4.95. The molecule has 0 aromatic heterocycles. The van der Waals surface area contributed by atoms with Gasteiger partial charge in [0.15, 0.2) is 0 Å². The standard InChI is InChI=1S/C5H10N2O2.CH2O2/c6-5(9)4-1-3(8)2-7-4;2-1-3/h3-4,7-8H,1-2H2,(H2,6,9);1H,(H,2,3). The van der Waals surface area contributed by atoms with Gasteiger partial charge in [-0.3, -0.25) is 9.59 Å². The van der Waals surface area contributed by atoms with Crippen LogP contribution in [0.2, 0.25) is 0 Å². The molecule has 6 heteroatoms. The molecule has 2 atom stereocenters. The SMILES string of the molecule is NC(=O)C1CC(O)CN1.O=CO. The molecule has 0 aromatic rings. The fourth-order valence-corrected chi connectivity index (χ4v) is 0.934. The first kappa shape index (κ1) is 10.9. The Bertz CT molecular complexity index is 162. The van der Waals surface area contributed by atoms with Gasteiger partial charge in [0.1, 0.15) is 0 Å². The molecule has 2 unspecified atom stereocenters. The summed E-state index contributed by atoms with van der Waals surface area (Å²) in [5, 5.41) is 18.5. The Morgan fingerprint density at radius 3 is 2.33 bits per heavy atom. The van der Waals surface area contributed by atoms with E-state index in [4.69, 9.17) is 20.7 Å². The minimum absolute atomic E-state index is 0.250. The van der Waals surface area contributed by atoms with Gasteiger partial charge in [0, 0.05) is 6.54 Å². The van der Waals surface area contributed by atoms with E-state index in [2.05, 4.69) is 5.32 Å². The van der Waals surface area contributed by atoms with Crippen molar-refractivity contribution in [2.24, 2.45) is 5.73 Å². The Morgan fingerprint density at radius 2 is 2.17 bits per heavy atom. The molecule has 0 saturated carbocycles. The van der Waals surface area contributed by atoms with Crippen molar-refractivity contribution < 1.29 is 19.8 Å². The molecule has 0 radical (unpaired) electrons. The van der Waals surface area contributed by atoms with E-state index < -0.39 is 6.10 Å². The molecule has 6 nitrogen and oxygen atoms in total. The highest BCUT2D eigenvalue weighted by atomic mass is 16.3. The molecule has 12 heavy (non-hydrogen) atoms. The van der Waals surface area contributed by atoms with Crippen LogP contribution in [0.4, 0.5) is 0 Å². The topological polar surface area (TPSA) is 113 Å². The Balaban J connectivity index is 0.000000354. The lowest BCUT2D eigenvalue weighted by Gasteiger charge is -2.01. The average molecular weight is 176 g/mol. The molecule has 1 fully saturated rings. The summed E-state index contributed by atoms with van der Waals surface area (Å²) in [6, 6.07) is -0.319. The third kappa shape index (κ3) is 3.89. The number of primary amides is 1. The van der Waals surface area contributed by atoms with Crippen molar-refractivity contribution in [3.8, 4) is 0 Å². The largest absolute Gasteiger partial charge is 0.483 e. The predicted octanol–water partition coefficient (Wildman–Crippen LogP) is -2.10. The van der Waals surface area contributed by atoms with Crippen molar-refractivity contribution in [3.63, 3.8) is 0 Å². The number of aliphatic hydroxyl groups is 1. The summed E-state index contributed by atoms with van der Waals surface area (Å²) < 4.78 is 0. The number of carboxylic acid groups (broad SMARTS) is 1. The molecular formula is C6H12N2O4. The maximum Gasteiger partial charge on any atom is 0.290 e. The van der Waals surface area contributed by atoms with Crippen molar-refractivity contribution in [3.05, 3.63) is 0 Å². The molecule has 1 aliphatic heterocycles. The molecule has 1 heterocycles. The van der Waals surface area contributed by atoms with Gasteiger partial charge < -0.3 is 21.3 Å². The lowest BCUT2D eigenvalue weighted by molar-refractivity contribution is -0.123. The Labute approximate surface area is 69.4 Å². The van der Waals surface area contributed by atoms with Gasteiger partial charge in [0.2, 0.25) is 5.91 Å². The zero-order valence-corrected chi connectivity index (χ0v) is 6.43. The van der Waals surface area contributed by atoms with E-state index in [1.165, 1.54) is 0 Å². The molecule has 1 aliphatic rings. The maximum atomic E-state index is 10.4. The molecule has 1 rings (SSSR count). The zero-order valence-electron chi connectivity index (χ0n) is 6.43. The van der Waals surface area contributed by atoms with Crippen LogP contribution in [0.3, 0.4) is 0 Å². The molecule has 0 spiro atoms. The lowest BCUT2D eigenvalue weighted by atomic mass is 10.2. The monoisotopic (exact) mass is 176 g/mol. The fourth-order valence-electron chi connectivity index (χ4n) is 0.934. The highest BCUT2D eigenvalue weighted by Crippen LogP contribution is 2.04. The normalized spacial score (nSPS) is 27.1. The van der Waals surface area contributed by atoms with Gasteiger partial charge in [-0.05, 0) is 6.42 Å². The lowest BCUT2D eigenvalue weighted by Crippen LogP contribution is -2.36. The predicted molar refractivity (Wildman–Crippen MR) is 40.3 cm³/mol. The quantitative estimate of drug-likeness (QED) is 0.342. The maximum absolute atomic E-state index is 10.4. The van der Waals surface area contributed by atoms with Gasteiger partial charge in [-0.2, -0.15) is 0 Å². The van der Waals surface area contributed by atoms with Crippen molar-refractivity contribution in [2.75, 3.05) is 6.54 Å².